The van der Waals surface area contributed by atoms with Crippen molar-refractivity contribution in [1.82, 2.24) is 9.88 Å². The van der Waals surface area contributed by atoms with Crippen LogP contribution in [0, 0.1) is 6.92 Å². The van der Waals surface area contributed by atoms with E-state index in [1.807, 2.05) is 6.92 Å². The maximum atomic E-state index is 11.8. The average molecular weight is 227 g/mol. The standard InChI is InChI=1S/C10H17N3OS/c1-7-8(15-6-12-7)5-13(4)9(14)10(2,3)11/h6H,5,11H2,1-4H3. The lowest BCUT2D eigenvalue weighted by atomic mass is 10.1. The summed E-state index contributed by atoms with van der Waals surface area (Å²) in [5, 5.41) is 0. The van der Waals surface area contributed by atoms with Crippen LogP contribution in [0.25, 0.3) is 0 Å². The Bertz CT molecular complexity index is 354. The molecule has 0 unspecified atom stereocenters. The van der Waals surface area contributed by atoms with Gasteiger partial charge in [-0.05, 0) is 20.8 Å². The smallest absolute Gasteiger partial charge is 0.242 e. The molecule has 0 spiro atoms. The largest absolute Gasteiger partial charge is 0.339 e. The molecule has 15 heavy (non-hydrogen) atoms. The van der Waals surface area contributed by atoms with E-state index in [9.17, 15) is 4.79 Å². The lowest BCUT2D eigenvalue weighted by molar-refractivity contribution is -0.134. The van der Waals surface area contributed by atoms with Gasteiger partial charge in [0.1, 0.15) is 0 Å². The third kappa shape index (κ3) is 3.00. The fraction of sp³-hybridized carbons (Fsp3) is 0.600. The van der Waals surface area contributed by atoms with Crippen LogP contribution in [0.4, 0.5) is 0 Å². The zero-order valence-electron chi connectivity index (χ0n) is 9.57. The first kappa shape index (κ1) is 12.1. The van der Waals surface area contributed by atoms with Crippen molar-refractivity contribution >= 4 is 17.2 Å². The van der Waals surface area contributed by atoms with Crippen LogP contribution in [0.15, 0.2) is 5.51 Å². The van der Waals surface area contributed by atoms with Gasteiger partial charge in [-0.2, -0.15) is 0 Å². The van der Waals surface area contributed by atoms with Gasteiger partial charge in [0.2, 0.25) is 5.91 Å². The minimum Gasteiger partial charge on any atom is -0.339 e. The second kappa shape index (κ2) is 4.28. The van der Waals surface area contributed by atoms with Gasteiger partial charge in [0.25, 0.3) is 0 Å². The number of rotatable bonds is 3. The predicted octanol–water partition coefficient (Wildman–Crippen LogP) is 1.15. The van der Waals surface area contributed by atoms with Crippen molar-refractivity contribution in [2.45, 2.75) is 32.9 Å². The molecule has 0 fully saturated rings. The molecule has 0 saturated carbocycles. The monoisotopic (exact) mass is 227 g/mol. The van der Waals surface area contributed by atoms with Crippen molar-refractivity contribution in [3.63, 3.8) is 0 Å². The average Bonchev–Trinajstić information content (AvgIpc) is 2.49. The molecule has 1 aromatic heterocycles. The zero-order chi connectivity index (χ0) is 11.6. The summed E-state index contributed by atoms with van der Waals surface area (Å²) >= 11 is 1.56. The molecular weight excluding hydrogens is 210 g/mol. The van der Waals surface area contributed by atoms with Crippen molar-refractivity contribution in [2.24, 2.45) is 5.73 Å². The normalized spacial score (nSPS) is 11.5. The van der Waals surface area contributed by atoms with Crippen LogP contribution in [0.5, 0.6) is 0 Å². The minimum absolute atomic E-state index is 0.0599. The van der Waals surface area contributed by atoms with Gasteiger partial charge in [0.15, 0.2) is 0 Å². The summed E-state index contributed by atoms with van der Waals surface area (Å²) in [5.41, 5.74) is 7.70. The van der Waals surface area contributed by atoms with Crippen LogP contribution in [0.2, 0.25) is 0 Å². The molecule has 1 rings (SSSR count). The van der Waals surface area contributed by atoms with E-state index in [0.29, 0.717) is 6.54 Å². The van der Waals surface area contributed by atoms with E-state index in [-0.39, 0.29) is 5.91 Å². The maximum absolute atomic E-state index is 11.8. The van der Waals surface area contributed by atoms with Gasteiger partial charge in [0, 0.05) is 11.9 Å². The van der Waals surface area contributed by atoms with Crippen molar-refractivity contribution in [3.8, 4) is 0 Å². The number of aryl methyl sites for hydroxylation is 1. The predicted molar refractivity (Wildman–Crippen MR) is 61.6 cm³/mol. The molecule has 0 radical (unpaired) electrons. The SMILES string of the molecule is Cc1ncsc1CN(C)C(=O)C(C)(C)N. The Morgan fingerprint density at radius 2 is 2.27 bits per heavy atom. The van der Waals surface area contributed by atoms with Crippen LogP contribution >= 0.6 is 11.3 Å². The Balaban J connectivity index is 2.68. The van der Waals surface area contributed by atoms with Gasteiger partial charge in [-0.1, -0.05) is 0 Å². The lowest BCUT2D eigenvalue weighted by Crippen LogP contribution is -2.49. The second-order valence-electron chi connectivity index (χ2n) is 4.24. The number of nitrogens with two attached hydrogens (primary N) is 1. The van der Waals surface area contributed by atoms with Crippen LogP contribution in [-0.2, 0) is 11.3 Å². The number of thiazole rings is 1. The van der Waals surface area contributed by atoms with E-state index in [1.54, 1.807) is 42.6 Å². The first-order valence-corrected chi connectivity index (χ1v) is 5.63. The minimum atomic E-state index is -0.812. The molecule has 0 aliphatic heterocycles. The number of carbonyl (C=O) groups is 1. The number of hydrogen-bond acceptors (Lipinski definition) is 4. The summed E-state index contributed by atoms with van der Waals surface area (Å²) in [4.78, 5) is 18.7. The van der Waals surface area contributed by atoms with Crippen molar-refractivity contribution in [1.29, 1.82) is 0 Å². The molecule has 0 bridgehead atoms. The van der Waals surface area contributed by atoms with E-state index in [4.69, 9.17) is 5.73 Å². The van der Waals surface area contributed by atoms with Gasteiger partial charge >= 0.3 is 0 Å². The Morgan fingerprint density at radius 1 is 1.67 bits per heavy atom. The Labute approximate surface area is 94.1 Å². The number of likely N-dealkylation sites (N-methyl/N-ethyl adjacent to an activating group) is 1. The van der Waals surface area contributed by atoms with Crippen LogP contribution in [-0.4, -0.2) is 28.4 Å². The summed E-state index contributed by atoms with van der Waals surface area (Å²) in [5.74, 6) is -0.0599. The highest BCUT2D eigenvalue weighted by Gasteiger charge is 2.25. The Morgan fingerprint density at radius 3 is 2.67 bits per heavy atom. The summed E-state index contributed by atoms with van der Waals surface area (Å²) < 4.78 is 0. The topological polar surface area (TPSA) is 59.2 Å². The van der Waals surface area contributed by atoms with E-state index in [0.717, 1.165) is 10.6 Å². The van der Waals surface area contributed by atoms with Gasteiger partial charge in [-0.3, -0.25) is 4.79 Å². The molecule has 0 aliphatic carbocycles. The van der Waals surface area contributed by atoms with E-state index < -0.39 is 5.54 Å². The molecular formula is C10H17N3OS. The molecule has 2 N–H and O–H groups in total. The summed E-state index contributed by atoms with van der Waals surface area (Å²) in [7, 11) is 1.76. The lowest BCUT2D eigenvalue weighted by Gasteiger charge is -2.25. The third-order valence-electron chi connectivity index (χ3n) is 2.12. The summed E-state index contributed by atoms with van der Waals surface area (Å²) in [6.07, 6.45) is 0. The highest BCUT2D eigenvalue weighted by Crippen LogP contribution is 2.15. The molecule has 5 heteroatoms. The number of nitrogens with zero attached hydrogens (tertiary/aromatic N) is 2. The van der Waals surface area contributed by atoms with Gasteiger partial charge in [0.05, 0.1) is 23.3 Å². The fourth-order valence-corrected chi connectivity index (χ4v) is 2.09. The highest BCUT2D eigenvalue weighted by atomic mass is 32.1. The number of amides is 1. The third-order valence-corrected chi connectivity index (χ3v) is 3.04. The van der Waals surface area contributed by atoms with Crippen molar-refractivity contribution in [2.75, 3.05) is 7.05 Å². The van der Waals surface area contributed by atoms with Crippen molar-refractivity contribution < 1.29 is 4.79 Å². The van der Waals surface area contributed by atoms with Gasteiger partial charge < -0.3 is 10.6 Å². The van der Waals surface area contributed by atoms with Crippen LogP contribution in [0.1, 0.15) is 24.4 Å². The molecule has 4 nitrogen and oxygen atoms in total. The molecule has 1 amide bonds. The molecule has 0 aromatic carbocycles. The molecule has 0 aliphatic rings. The molecule has 0 atom stereocenters. The van der Waals surface area contributed by atoms with Crippen LogP contribution < -0.4 is 5.73 Å². The molecule has 0 saturated heterocycles. The van der Waals surface area contributed by atoms with Gasteiger partial charge in [-0.15, -0.1) is 11.3 Å². The number of hydrogen-bond donors (Lipinski definition) is 1. The van der Waals surface area contributed by atoms with E-state index in [2.05, 4.69) is 4.98 Å². The fourth-order valence-electron chi connectivity index (χ4n) is 1.26. The molecule has 1 aromatic rings. The van der Waals surface area contributed by atoms with Gasteiger partial charge in [-0.25, -0.2) is 4.98 Å². The first-order chi connectivity index (χ1) is 6.82. The summed E-state index contributed by atoms with van der Waals surface area (Å²) in [6.45, 7) is 5.95. The highest BCUT2D eigenvalue weighted by molar-refractivity contribution is 7.09. The van der Waals surface area contributed by atoms with Crippen LogP contribution in [0.3, 0.4) is 0 Å². The zero-order valence-corrected chi connectivity index (χ0v) is 10.4. The molecule has 1 heterocycles. The molecule has 84 valence electrons. The second-order valence-corrected chi connectivity index (χ2v) is 5.18. The number of carbonyl (C=O) groups excluding carboxylic acids is 1. The maximum Gasteiger partial charge on any atom is 0.242 e. The first-order valence-electron chi connectivity index (χ1n) is 4.76. The Hall–Kier alpha value is -0.940. The van der Waals surface area contributed by atoms with Crippen molar-refractivity contribution in [3.05, 3.63) is 16.1 Å². The number of aromatic nitrogens is 1. The Kier molecular flexibility index (Phi) is 3.46. The van der Waals surface area contributed by atoms with E-state index in [1.165, 1.54) is 0 Å². The summed E-state index contributed by atoms with van der Waals surface area (Å²) in [6, 6.07) is 0. The quantitative estimate of drug-likeness (QED) is 0.842. The van der Waals surface area contributed by atoms with E-state index >= 15 is 0 Å².